The van der Waals surface area contributed by atoms with Gasteiger partial charge in [-0.3, -0.25) is 4.79 Å². The fourth-order valence-electron chi connectivity index (χ4n) is 3.08. The number of hydrogen-bond acceptors (Lipinski definition) is 6. The van der Waals surface area contributed by atoms with Gasteiger partial charge in [-0.2, -0.15) is 5.10 Å². The molecule has 1 N–H and O–H groups in total. The summed E-state index contributed by atoms with van der Waals surface area (Å²) in [6.07, 6.45) is 5.16. The molecule has 4 aromatic rings. The Balaban J connectivity index is 1.36. The van der Waals surface area contributed by atoms with Crippen molar-refractivity contribution in [3.05, 3.63) is 84.4 Å². The molecule has 8 nitrogen and oxygen atoms in total. The van der Waals surface area contributed by atoms with Crippen molar-refractivity contribution in [1.82, 2.24) is 19.7 Å². The van der Waals surface area contributed by atoms with E-state index in [-0.39, 0.29) is 12.3 Å². The molecule has 156 valence electrons. The lowest BCUT2D eigenvalue weighted by atomic mass is 10.1. The molecule has 0 aliphatic carbocycles. The number of amides is 1. The van der Waals surface area contributed by atoms with Gasteiger partial charge in [-0.1, -0.05) is 12.1 Å². The molecule has 0 saturated carbocycles. The summed E-state index contributed by atoms with van der Waals surface area (Å²) in [4.78, 5) is 20.7. The van der Waals surface area contributed by atoms with Crippen molar-refractivity contribution >= 4 is 11.6 Å². The summed E-state index contributed by atoms with van der Waals surface area (Å²) in [5.41, 5.74) is 2.60. The highest BCUT2D eigenvalue weighted by Gasteiger charge is 2.08. The highest BCUT2D eigenvalue weighted by Crippen LogP contribution is 2.23. The van der Waals surface area contributed by atoms with Crippen LogP contribution >= 0.6 is 0 Å². The van der Waals surface area contributed by atoms with Crippen molar-refractivity contribution in [1.29, 1.82) is 0 Å². The Morgan fingerprint density at radius 1 is 1.10 bits per heavy atom. The monoisotopic (exact) mass is 415 g/mol. The number of carbonyl (C=O) groups excluding carboxylic acids is 1. The van der Waals surface area contributed by atoms with E-state index in [1.54, 1.807) is 54.5 Å². The third kappa shape index (κ3) is 5.05. The molecule has 0 aliphatic heterocycles. The van der Waals surface area contributed by atoms with Crippen LogP contribution < -0.4 is 14.8 Å². The van der Waals surface area contributed by atoms with Crippen molar-refractivity contribution < 1.29 is 14.3 Å². The normalized spacial score (nSPS) is 10.5. The Morgan fingerprint density at radius 3 is 2.65 bits per heavy atom. The number of carbonyl (C=O) groups is 1. The van der Waals surface area contributed by atoms with Crippen LogP contribution in [-0.2, 0) is 11.2 Å². The number of methoxy groups -OCH3 is 1. The number of rotatable bonds is 7. The Hall–Kier alpha value is -4.20. The Labute approximate surface area is 179 Å². The summed E-state index contributed by atoms with van der Waals surface area (Å²) >= 11 is 0. The molecular weight excluding hydrogens is 394 g/mol. The fourth-order valence-corrected chi connectivity index (χ4v) is 3.08. The van der Waals surface area contributed by atoms with Gasteiger partial charge in [0.15, 0.2) is 5.82 Å². The smallest absolute Gasteiger partial charge is 0.228 e. The maximum absolute atomic E-state index is 12.4. The molecule has 0 unspecified atom stereocenters. The van der Waals surface area contributed by atoms with Gasteiger partial charge in [0.05, 0.1) is 13.5 Å². The van der Waals surface area contributed by atoms with Gasteiger partial charge < -0.3 is 14.8 Å². The quantitative estimate of drug-likeness (QED) is 0.491. The second kappa shape index (κ2) is 9.08. The average Bonchev–Trinajstić information content (AvgIpc) is 3.31. The van der Waals surface area contributed by atoms with Gasteiger partial charge in [-0.05, 0) is 54.4 Å². The third-order valence-corrected chi connectivity index (χ3v) is 4.55. The van der Waals surface area contributed by atoms with E-state index in [0.29, 0.717) is 23.1 Å². The molecule has 0 radical (unpaired) electrons. The van der Waals surface area contributed by atoms with Gasteiger partial charge in [0.1, 0.15) is 17.8 Å². The van der Waals surface area contributed by atoms with Gasteiger partial charge >= 0.3 is 0 Å². The summed E-state index contributed by atoms with van der Waals surface area (Å²) in [6, 6.07) is 16.3. The third-order valence-electron chi connectivity index (χ3n) is 4.55. The number of nitrogens with one attached hydrogen (secondary N) is 1. The molecule has 2 aromatic heterocycles. The summed E-state index contributed by atoms with van der Waals surface area (Å²) in [5, 5.41) is 7.04. The van der Waals surface area contributed by atoms with E-state index in [9.17, 15) is 4.79 Å². The van der Waals surface area contributed by atoms with Crippen LogP contribution in [-0.4, -0.2) is 32.8 Å². The molecule has 8 heteroatoms. The van der Waals surface area contributed by atoms with E-state index in [0.717, 1.165) is 16.9 Å². The minimum atomic E-state index is -0.0992. The Bertz CT molecular complexity index is 1170. The number of anilines is 1. The lowest BCUT2D eigenvalue weighted by molar-refractivity contribution is -0.115. The van der Waals surface area contributed by atoms with Crippen molar-refractivity contribution in [2.75, 3.05) is 12.4 Å². The van der Waals surface area contributed by atoms with Gasteiger partial charge in [-0.15, -0.1) is 0 Å². The zero-order valence-corrected chi connectivity index (χ0v) is 17.1. The van der Waals surface area contributed by atoms with Crippen LogP contribution in [0.25, 0.3) is 5.82 Å². The summed E-state index contributed by atoms with van der Waals surface area (Å²) in [5.74, 6) is 2.30. The number of hydrogen-bond donors (Lipinski definition) is 1. The topological polar surface area (TPSA) is 91.2 Å². The average molecular weight is 415 g/mol. The van der Waals surface area contributed by atoms with E-state index >= 15 is 0 Å². The number of aryl methyl sites for hydroxylation is 1. The number of benzene rings is 2. The Morgan fingerprint density at radius 2 is 1.94 bits per heavy atom. The van der Waals surface area contributed by atoms with E-state index in [1.807, 2.05) is 31.2 Å². The van der Waals surface area contributed by atoms with E-state index < -0.39 is 0 Å². The zero-order chi connectivity index (χ0) is 21.6. The first kappa shape index (κ1) is 20.1. The van der Waals surface area contributed by atoms with Gasteiger partial charge in [-0.25, -0.2) is 14.6 Å². The highest BCUT2D eigenvalue weighted by atomic mass is 16.5. The molecule has 1 amide bonds. The second-order valence-electron chi connectivity index (χ2n) is 6.82. The maximum Gasteiger partial charge on any atom is 0.228 e. The standard InChI is InChI=1S/C23H21N5O3/c1-16-12-17(4-9-20(16)30-2)13-22(29)27-18-5-7-19(8-6-18)31-23-14-21(24-15-25-23)28-11-3-10-26-28/h3-12,14-15H,13H2,1-2H3,(H,27,29). The molecule has 0 saturated heterocycles. The minimum Gasteiger partial charge on any atom is -0.496 e. The van der Waals surface area contributed by atoms with Crippen LogP contribution in [0.2, 0.25) is 0 Å². The van der Waals surface area contributed by atoms with E-state index in [2.05, 4.69) is 20.4 Å². The van der Waals surface area contributed by atoms with Gasteiger partial charge in [0.25, 0.3) is 0 Å². The molecule has 0 fully saturated rings. The predicted molar refractivity (Wildman–Crippen MR) is 116 cm³/mol. The molecule has 4 rings (SSSR count). The lowest BCUT2D eigenvalue weighted by Crippen LogP contribution is -2.14. The van der Waals surface area contributed by atoms with Gasteiger partial charge in [0, 0.05) is 24.1 Å². The summed E-state index contributed by atoms with van der Waals surface area (Å²) in [6.45, 7) is 1.95. The first-order valence-electron chi connectivity index (χ1n) is 9.64. The summed E-state index contributed by atoms with van der Waals surface area (Å²) in [7, 11) is 1.63. The zero-order valence-electron chi connectivity index (χ0n) is 17.1. The molecule has 31 heavy (non-hydrogen) atoms. The lowest BCUT2D eigenvalue weighted by Gasteiger charge is -2.09. The van der Waals surface area contributed by atoms with Crippen LogP contribution in [0.1, 0.15) is 11.1 Å². The molecule has 0 spiro atoms. The van der Waals surface area contributed by atoms with Crippen LogP contribution in [0.15, 0.2) is 73.3 Å². The maximum atomic E-state index is 12.4. The molecule has 0 aliphatic rings. The first-order chi connectivity index (χ1) is 15.1. The van der Waals surface area contributed by atoms with Gasteiger partial charge in [0.2, 0.25) is 11.8 Å². The largest absolute Gasteiger partial charge is 0.496 e. The SMILES string of the molecule is COc1ccc(CC(=O)Nc2ccc(Oc3cc(-n4cccn4)ncn3)cc2)cc1C. The van der Waals surface area contributed by atoms with E-state index in [4.69, 9.17) is 9.47 Å². The minimum absolute atomic E-state index is 0.0992. The van der Waals surface area contributed by atoms with Crippen LogP contribution in [0.5, 0.6) is 17.4 Å². The second-order valence-corrected chi connectivity index (χ2v) is 6.82. The molecule has 0 atom stereocenters. The molecular formula is C23H21N5O3. The van der Waals surface area contributed by atoms with Crippen LogP contribution in [0.4, 0.5) is 5.69 Å². The number of aromatic nitrogens is 4. The first-order valence-corrected chi connectivity index (χ1v) is 9.64. The summed E-state index contributed by atoms with van der Waals surface area (Å²) < 4.78 is 12.7. The van der Waals surface area contributed by atoms with Crippen molar-refractivity contribution in [3.8, 4) is 23.2 Å². The molecule has 2 heterocycles. The predicted octanol–water partition coefficient (Wildman–Crippen LogP) is 3.95. The van der Waals surface area contributed by atoms with Crippen molar-refractivity contribution in [3.63, 3.8) is 0 Å². The van der Waals surface area contributed by atoms with E-state index in [1.165, 1.54) is 6.33 Å². The number of nitrogens with zero attached hydrogens (tertiary/aromatic N) is 4. The van der Waals surface area contributed by atoms with Crippen molar-refractivity contribution in [2.24, 2.45) is 0 Å². The van der Waals surface area contributed by atoms with Crippen molar-refractivity contribution in [2.45, 2.75) is 13.3 Å². The molecule has 2 aromatic carbocycles. The molecule has 0 bridgehead atoms. The number of ether oxygens (including phenoxy) is 2. The van der Waals surface area contributed by atoms with Crippen LogP contribution in [0, 0.1) is 6.92 Å². The Kier molecular flexibility index (Phi) is 5.89. The van der Waals surface area contributed by atoms with Crippen LogP contribution in [0.3, 0.4) is 0 Å². The fraction of sp³-hybridized carbons (Fsp3) is 0.130. The highest BCUT2D eigenvalue weighted by molar-refractivity contribution is 5.92.